The molecule has 0 saturated heterocycles. The molecule has 2 aromatic rings. The zero-order valence-corrected chi connectivity index (χ0v) is 10.1. The fraction of sp³-hybridized carbons (Fsp3) is 0. The Labute approximate surface area is 106 Å². The second-order valence-corrected chi connectivity index (χ2v) is 4.05. The average molecular weight is 293 g/mol. The van der Waals surface area contributed by atoms with Crippen LogP contribution in [-0.4, -0.2) is 4.98 Å². The topological polar surface area (TPSA) is 45.9 Å². The summed E-state index contributed by atoms with van der Waals surface area (Å²) in [5.41, 5.74) is 0.120. The van der Waals surface area contributed by atoms with E-state index in [9.17, 15) is 4.39 Å². The van der Waals surface area contributed by atoms with Crippen LogP contribution < -0.4 is 4.74 Å². The van der Waals surface area contributed by atoms with Gasteiger partial charge in [-0.05, 0) is 30.3 Å². The summed E-state index contributed by atoms with van der Waals surface area (Å²) in [5.74, 6) is -0.221. The van der Waals surface area contributed by atoms with E-state index in [-0.39, 0.29) is 17.2 Å². The van der Waals surface area contributed by atoms with Gasteiger partial charge in [0.15, 0.2) is 23.0 Å². The van der Waals surface area contributed by atoms with Crippen LogP contribution >= 0.6 is 15.9 Å². The van der Waals surface area contributed by atoms with Gasteiger partial charge in [-0.15, -0.1) is 0 Å². The monoisotopic (exact) mass is 292 g/mol. The van der Waals surface area contributed by atoms with E-state index >= 15 is 0 Å². The van der Waals surface area contributed by atoms with Crippen molar-refractivity contribution in [2.75, 3.05) is 0 Å². The van der Waals surface area contributed by atoms with E-state index < -0.39 is 5.82 Å². The lowest BCUT2D eigenvalue weighted by Crippen LogP contribution is -1.92. The fourth-order valence-electron chi connectivity index (χ4n) is 1.23. The minimum absolute atomic E-state index is 0.0534. The van der Waals surface area contributed by atoms with Crippen LogP contribution in [0.2, 0.25) is 0 Å². The smallest absolute Gasteiger partial charge is 0.183 e. The number of benzene rings is 1. The van der Waals surface area contributed by atoms with Crippen LogP contribution in [0.15, 0.2) is 41.0 Å². The molecule has 0 aliphatic rings. The lowest BCUT2D eigenvalue weighted by molar-refractivity contribution is 0.439. The predicted molar refractivity (Wildman–Crippen MR) is 63.1 cm³/mol. The van der Waals surface area contributed by atoms with Crippen LogP contribution in [0.5, 0.6) is 11.5 Å². The average Bonchev–Trinajstić information content (AvgIpc) is 2.33. The van der Waals surface area contributed by atoms with Gasteiger partial charge in [-0.25, -0.2) is 9.37 Å². The minimum atomic E-state index is -0.507. The summed E-state index contributed by atoms with van der Waals surface area (Å²) in [4.78, 5) is 3.82. The number of halogens is 2. The Morgan fingerprint density at radius 3 is 2.82 bits per heavy atom. The summed E-state index contributed by atoms with van der Waals surface area (Å²) in [6.45, 7) is 0. The largest absolute Gasteiger partial charge is 0.451 e. The van der Waals surface area contributed by atoms with Crippen molar-refractivity contribution in [3.05, 3.63) is 52.5 Å². The van der Waals surface area contributed by atoms with Crippen LogP contribution in [0, 0.1) is 17.1 Å². The Morgan fingerprint density at radius 2 is 2.12 bits per heavy atom. The van der Waals surface area contributed by atoms with Gasteiger partial charge < -0.3 is 4.74 Å². The van der Waals surface area contributed by atoms with Crippen molar-refractivity contribution in [3.8, 4) is 17.6 Å². The molecule has 0 amide bonds. The molecule has 1 aromatic heterocycles. The number of hydrogen-bond acceptors (Lipinski definition) is 3. The third-order valence-electron chi connectivity index (χ3n) is 1.99. The molecule has 0 atom stereocenters. The molecule has 0 radical (unpaired) electrons. The normalized spacial score (nSPS) is 9.71. The summed E-state index contributed by atoms with van der Waals surface area (Å²) >= 11 is 3.15. The molecule has 1 heterocycles. The van der Waals surface area contributed by atoms with Gasteiger partial charge in [0.2, 0.25) is 0 Å². The highest BCUT2D eigenvalue weighted by molar-refractivity contribution is 9.10. The van der Waals surface area contributed by atoms with Gasteiger partial charge in [0.05, 0.1) is 0 Å². The third kappa shape index (κ3) is 2.60. The highest BCUT2D eigenvalue weighted by Gasteiger charge is 2.09. The predicted octanol–water partition coefficient (Wildman–Crippen LogP) is 3.65. The molecule has 1 aromatic carbocycles. The molecule has 0 fully saturated rings. The Balaban J connectivity index is 2.35. The molecule has 0 saturated carbocycles. The van der Waals surface area contributed by atoms with Crippen molar-refractivity contribution < 1.29 is 9.13 Å². The number of aromatic nitrogens is 1. The van der Waals surface area contributed by atoms with Crippen LogP contribution in [0.25, 0.3) is 0 Å². The fourth-order valence-corrected chi connectivity index (χ4v) is 1.57. The molecule has 17 heavy (non-hydrogen) atoms. The van der Waals surface area contributed by atoms with Crippen molar-refractivity contribution >= 4 is 15.9 Å². The summed E-state index contributed by atoms with van der Waals surface area (Å²) in [6, 6.07) is 9.48. The molecular formula is C12H6BrFN2O. The minimum Gasteiger partial charge on any atom is -0.451 e. The van der Waals surface area contributed by atoms with Crippen LogP contribution in [0.4, 0.5) is 4.39 Å². The first kappa shape index (κ1) is 11.6. The highest BCUT2D eigenvalue weighted by Crippen LogP contribution is 2.27. The molecule has 0 unspecified atom stereocenters. The number of rotatable bonds is 2. The second kappa shape index (κ2) is 4.93. The third-order valence-corrected chi connectivity index (χ3v) is 2.48. The van der Waals surface area contributed by atoms with E-state index in [2.05, 4.69) is 20.9 Å². The maximum atomic E-state index is 13.5. The van der Waals surface area contributed by atoms with Gasteiger partial charge in [-0.1, -0.05) is 15.9 Å². The van der Waals surface area contributed by atoms with Crippen LogP contribution in [0.1, 0.15) is 5.69 Å². The summed E-state index contributed by atoms with van der Waals surface area (Å²) in [5, 5.41) is 8.82. The number of nitriles is 1. The first-order valence-corrected chi connectivity index (χ1v) is 5.48. The summed E-state index contributed by atoms with van der Waals surface area (Å²) < 4.78 is 19.4. The number of ether oxygens (including phenoxy) is 1. The number of pyridine rings is 1. The molecular weight excluding hydrogens is 287 g/mol. The zero-order valence-electron chi connectivity index (χ0n) is 8.52. The van der Waals surface area contributed by atoms with E-state index in [4.69, 9.17) is 10.00 Å². The first-order valence-electron chi connectivity index (χ1n) is 4.69. The summed E-state index contributed by atoms with van der Waals surface area (Å²) in [6.07, 6.45) is 1.48. The Kier molecular flexibility index (Phi) is 3.35. The van der Waals surface area contributed by atoms with Gasteiger partial charge in [0.25, 0.3) is 0 Å². The molecule has 84 valence electrons. The first-order chi connectivity index (χ1) is 8.20. The molecule has 0 N–H and O–H groups in total. The van der Waals surface area contributed by atoms with Gasteiger partial charge >= 0.3 is 0 Å². The summed E-state index contributed by atoms with van der Waals surface area (Å²) in [7, 11) is 0. The molecule has 0 spiro atoms. The van der Waals surface area contributed by atoms with Gasteiger partial charge in [0, 0.05) is 10.7 Å². The molecule has 5 heteroatoms. The molecule has 2 rings (SSSR count). The van der Waals surface area contributed by atoms with E-state index in [0.29, 0.717) is 4.47 Å². The molecule has 3 nitrogen and oxygen atoms in total. The van der Waals surface area contributed by atoms with Crippen molar-refractivity contribution in [3.63, 3.8) is 0 Å². The van der Waals surface area contributed by atoms with Crippen LogP contribution in [-0.2, 0) is 0 Å². The van der Waals surface area contributed by atoms with Crippen molar-refractivity contribution in [1.82, 2.24) is 4.98 Å². The number of nitrogens with zero attached hydrogens (tertiary/aromatic N) is 2. The Morgan fingerprint density at radius 1 is 1.29 bits per heavy atom. The Hall–Kier alpha value is -1.93. The van der Waals surface area contributed by atoms with Gasteiger partial charge in [0.1, 0.15) is 6.07 Å². The molecule has 0 aliphatic heterocycles. The maximum Gasteiger partial charge on any atom is 0.183 e. The SMILES string of the molecule is N#Cc1ncccc1Oc1ccc(Br)cc1F. The van der Waals surface area contributed by atoms with E-state index in [1.54, 1.807) is 18.2 Å². The highest BCUT2D eigenvalue weighted by atomic mass is 79.9. The standard InChI is InChI=1S/C12H6BrFN2O/c13-8-3-4-11(9(14)6-8)17-12-2-1-5-16-10(12)7-15/h1-6H. The lowest BCUT2D eigenvalue weighted by atomic mass is 10.3. The van der Waals surface area contributed by atoms with E-state index in [0.717, 1.165) is 0 Å². The van der Waals surface area contributed by atoms with E-state index in [1.807, 2.05) is 6.07 Å². The zero-order chi connectivity index (χ0) is 12.3. The van der Waals surface area contributed by atoms with Gasteiger partial charge in [-0.3, -0.25) is 0 Å². The molecule has 0 aliphatic carbocycles. The van der Waals surface area contributed by atoms with E-state index in [1.165, 1.54) is 18.3 Å². The second-order valence-electron chi connectivity index (χ2n) is 3.14. The maximum absolute atomic E-state index is 13.5. The Bertz CT molecular complexity index is 595. The van der Waals surface area contributed by atoms with Crippen molar-refractivity contribution in [2.24, 2.45) is 0 Å². The van der Waals surface area contributed by atoms with Crippen molar-refractivity contribution in [2.45, 2.75) is 0 Å². The number of hydrogen-bond donors (Lipinski definition) is 0. The van der Waals surface area contributed by atoms with Crippen molar-refractivity contribution in [1.29, 1.82) is 5.26 Å². The quantitative estimate of drug-likeness (QED) is 0.849. The lowest BCUT2D eigenvalue weighted by Gasteiger charge is -2.07. The van der Waals surface area contributed by atoms with Crippen LogP contribution in [0.3, 0.4) is 0 Å². The molecule has 0 bridgehead atoms. The van der Waals surface area contributed by atoms with Gasteiger partial charge in [-0.2, -0.15) is 5.26 Å².